The van der Waals surface area contributed by atoms with Gasteiger partial charge in [0.1, 0.15) is 18.5 Å². The Morgan fingerprint density at radius 1 is 1.10 bits per heavy atom. The zero-order chi connectivity index (χ0) is 22.6. The molecule has 0 fully saturated rings. The monoisotopic (exact) mass is 429 g/mol. The first-order valence-electron chi connectivity index (χ1n) is 9.29. The Labute approximate surface area is 178 Å². The van der Waals surface area contributed by atoms with Crippen LogP contribution in [0.25, 0.3) is 0 Å². The summed E-state index contributed by atoms with van der Waals surface area (Å²) in [5.74, 6) is -1.46. The quantitative estimate of drug-likeness (QED) is 0.491. The summed E-state index contributed by atoms with van der Waals surface area (Å²) in [6.45, 7) is -0.121. The molecule has 0 radical (unpaired) electrons. The molecule has 0 saturated carbocycles. The number of aliphatic hydroxyl groups excluding tert-OH is 1. The van der Waals surface area contributed by atoms with E-state index in [-0.39, 0.29) is 18.8 Å². The zero-order valence-electron chi connectivity index (χ0n) is 16.8. The summed E-state index contributed by atoms with van der Waals surface area (Å²) in [5, 5.41) is 20.0. The van der Waals surface area contributed by atoms with E-state index in [1.54, 1.807) is 42.5 Å². The minimum absolute atomic E-state index is 0.0632. The highest BCUT2D eigenvalue weighted by Crippen LogP contribution is 2.27. The first-order valence-corrected chi connectivity index (χ1v) is 9.29. The van der Waals surface area contributed by atoms with Gasteiger partial charge in [-0.3, -0.25) is 10.1 Å². The van der Waals surface area contributed by atoms with Crippen molar-refractivity contribution >= 4 is 18.0 Å². The lowest BCUT2D eigenvalue weighted by atomic mass is 10.0. The summed E-state index contributed by atoms with van der Waals surface area (Å²) in [6, 6.07) is 14.6. The number of methoxy groups -OCH3 is 1. The summed E-state index contributed by atoms with van der Waals surface area (Å²) in [6.07, 6.45) is -1.01. The third-order valence-corrected chi connectivity index (χ3v) is 4.03. The minimum atomic E-state index is -1.20. The van der Waals surface area contributed by atoms with Crippen molar-refractivity contribution in [1.29, 1.82) is 0 Å². The third-order valence-electron chi connectivity index (χ3n) is 4.03. The number of benzene rings is 2. The topological polar surface area (TPSA) is 131 Å². The lowest BCUT2D eigenvalue weighted by Gasteiger charge is -2.24. The van der Waals surface area contributed by atoms with E-state index < -0.39 is 30.2 Å². The number of carboxylic acids is 1. The van der Waals surface area contributed by atoms with Gasteiger partial charge in [-0.15, -0.1) is 0 Å². The molecule has 2 aromatic rings. The van der Waals surface area contributed by atoms with Crippen molar-refractivity contribution in [3.05, 3.63) is 77.9 Å². The van der Waals surface area contributed by atoms with Gasteiger partial charge in [-0.25, -0.2) is 9.59 Å². The molecule has 0 heterocycles. The number of aliphatic hydroxyl groups is 1. The molecule has 9 nitrogen and oxygen atoms in total. The summed E-state index contributed by atoms with van der Waals surface area (Å²) >= 11 is 0. The Morgan fingerprint density at radius 3 is 2.48 bits per heavy atom. The average molecular weight is 429 g/mol. The van der Waals surface area contributed by atoms with E-state index in [2.05, 4.69) is 5.32 Å². The highest BCUT2D eigenvalue weighted by Gasteiger charge is 2.27. The molecule has 3 N–H and O–H groups in total. The lowest BCUT2D eigenvalue weighted by Crippen LogP contribution is -2.34. The predicted octanol–water partition coefficient (Wildman–Crippen LogP) is 2.32. The highest BCUT2D eigenvalue weighted by atomic mass is 16.6. The molecule has 2 atom stereocenters. The number of hydrogen-bond donors (Lipinski definition) is 3. The van der Waals surface area contributed by atoms with Gasteiger partial charge in [0.2, 0.25) is 0 Å². The van der Waals surface area contributed by atoms with Gasteiger partial charge in [0.25, 0.3) is 5.91 Å². The van der Waals surface area contributed by atoms with Crippen molar-refractivity contribution in [1.82, 2.24) is 5.32 Å². The van der Waals surface area contributed by atoms with Crippen LogP contribution in [0.15, 0.2) is 66.7 Å². The van der Waals surface area contributed by atoms with Crippen LogP contribution < -0.4 is 10.1 Å². The number of amides is 2. The predicted molar refractivity (Wildman–Crippen MR) is 110 cm³/mol. The van der Waals surface area contributed by atoms with E-state index in [0.717, 1.165) is 6.08 Å². The largest absolute Gasteiger partial charge is 0.491 e. The first-order chi connectivity index (χ1) is 14.9. The van der Waals surface area contributed by atoms with Crippen molar-refractivity contribution in [2.75, 3.05) is 20.3 Å². The van der Waals surface area contributed by atoms with Crippen LogP contribution in [0.1, 0.15) is 22.0 Å². The number of ether oxygens (including phenoxy) is 3. The fourth-order valence-electron chi connectivity index (χ4n) is 2.65. The van der Waals surface area contributed by atoms with E-state index in [1.165, 1.54) is 25.3 Å². The number of imide groups is 1. The molecule has 31 heavy (non-hydrogen) atoms. The molecular weight excluding hydrogens is 406 g/mol. The second-order valence-electron chi connectivity index (χ2n) is 6.19. The van der Waals surface area contributed by atoms with E-state index in [1.807, 2.05) is 0 Å². The second kappa shape index (κ2) is 12.1. The first kappa shape index (κ1) is 23.6. The van der Waals surface area contributed by atoms with Gasteiger partial charge >= 0.3 is 12.1 Å². The van der Waals surface area contributed by atoms with Gasteiger partial charge in [0.15, 0.2) is 6.10 Å². The van der Waals surface area contributed by atoms with E-state index in [4.69, 9.17) is 24.4 Å². The molecule has 9 heteroatoms. The summed E-state index contributed by atoms with van der Waals surface area (Å²) in [4.78, 5) is 35.6. The standard InChI is InChI=1S/C22H23NO8/c1-29-18(10-11-19(25)26)20(16-8-5-9-17(14-16)30-13-12-24)31-22(28)23-21(27)15-6-3-2-4-7-15/h2-11,14,18,20,24H,12-13H2,1H3,(H,25,26)(H,23,27,28)/b11-10+/t18-,20-/m0/s1. The number of carbonyl (C=O) groups excluding carboxylic acids is 2. The van der Waals surface area contributed by atoms with Gasteiger partial charge in [-0.05, 0) is 35.9 Å². The minimum Gasteiger partial charge on any atom is -0.491 e. The van der Waals surface area contributed by atoms with Crippen LogP contribution in [0.3, 0.4) is 0 Å². The van der Waals surface area contributed by atoms with Crippen LogP contribution in [0.4, 0.5) is 4.79 Å². The van der Waals surface area contributed by atoms with Crippen molar-refractivity contribution in [2.45, 2.75) is 12.2 Å². The van der Waals surface area contributed by atoms with Crippen molar-refractivity contribution in [2.24, 2.45) is 0 Å². The molecular formula is C22H23NO8. The number of aliphatic carboxylic acids is 1. The molecule has 0 aliphatic heterocycles. The second-order valence-corrected chi connectivity index (χ2v) is 6.19. The number of nitrogens with one attached hydrogen (secondary N) is 1. The van der Waals surface area contributed by atoms with E-state index in [9.17, 15) is 14.4 Å². The highest BCUT2D eigenvalue weighted by molar-refractivity contribution is 6.02. The summed E-state index contributed by atoms with van der Waals surface area (Å²) < 4.78 is 16.1. The van der Waals surface area contributed by atoms with E-state index >= 15 is 0 Å². The van der Waals surface area contributed by atoms with Gasteiger partial charge < -0.3 is 24.4 Å². The normalized spacial score (nSPS) is 12.7. The van der Waals surface area contributed by atoms with Crippen molar-refractivity contribution < 1.29 is 38.8 Å². The number of alkyl carbamates (subject to hydrolysis) is 1. The van der Waals surface area contributed by atoms with Gasteiger partial charge in [0, 0.05) is 18.7 Å². The SMILES string of the molecule is CO[C@@H](/C=C/C(=O)O)[C@@H](OC(=O)NC(=O)c1ccccc1)c1cccc(OCCO)c1. The molecule has 0 saturated heterocycles. The molecule has 164 valence electrons. The van der Waals surface area contributed by atoms with Gasteiger partial charge in [0.05, 0.1) is 6.61 Å². The Hall–Kier alpha value is -3.69. The summed E-state index contributed by atoms with van der Waals surface area (Å²) in [5.41, 5.74) is 0.698. The van der Waals surface area contributed by atoms with E-state index in [0.29, 0.717) is 11.3 Å². The number of carboxylic acid groups (broad SMARTS) is 1. The van der Waals surface area contributed by atoms with Crippen LogP contribution in [-0.4, -0.2) is 54.6 Å². The molecule has 2 aromatic carbocycles. The Kier molecular flexibility index (Phi) is 9.21. The fourth-order valence-corrected chi connectivity index (χ4v) is 2.65. The zero-order valence-corrected chi connectivity index (χ0v) is 16.8. The van der Waals surface area contributed by atoms with Crippen LogP contribution >= 0.6 is 0 Å². The molecule has 0 aliphatic rings. The maximum absolute atomic E-state index is 12.4. The fraction of sp³-hybridized carbons (Fsp3) is 0.227. The van der Waals surface area contributed by atoms with Crippen LogP contribution in [0.5, 0.6) is 5.75 Å². The molecule has 0 aliphatic carbocycles. The Balaban J connectivity index is 2.25. The number of carbonyl (C=O) groups is 3. The Morgan fingerprint density at radius 2 is 1.84 bits per heavy atom. The van der Waals surface area contributed by atoms with Crippen LogP contribution in [0.2, 0.25) is 0 Å². The summed E-state index contributed by atoms with van der Waals surface area (Å²) in [7, 11) is 1.33. The van der Waals surface area contributed by atoms with Crippen molar-refractivity contribution in [3.8, 4) is 5.75 Å². The van der Waals surface area contributed by atoms with Gasteiger partial charge in [-0.1, -0.05) is 30.3 Å². The molecule has 2 amide bonds. The van der Waals surface area contributed by atoms with Gasteiger partial charge in [-0.2, -0.15) is 0 Å². The number of hydrogen-bond acceptors (Lipinski definition) is 7. The van der Waals surface area contributed by atoms with Crippen LogP contribution in [-0.2, 0) is 14.3 Å². The molecule has 0 aromatic heterocycles. The lowest BCUT2D eigenvalue weighted by molar-refractivity contribution is -0.131. The third kappa shape index (κ3) is 7.57. The Bertz CT molecular complexity index is 913. The molecule has 2 rings (SSSR count). The molecule has 0 bridgehead atoms. The van der Waals surface area contributed by atoms with Crippen LogP contribution in [0, 0.1) is 0 Å². The maximum Gasteiger partial charge on any atom is 0.414 e. The smallest absolute Gasteiger partial charge is 0.414 e. The average Bonchev–Trinajstić information content (AvgIpc) is 2.77. The maximum atomic E-state index is 12.4. The molecule has 0 unspecified atom stereocenters. The number of rotatable bonds is 10. The van der Waals surface area contributed by atoms with Crippen molar-refractivity contribution in [3.63, 3.8) is 0 Å². The molecule has 0 spiro atoms.